The topological polar surface area (TPSA) is 52.7 Å². The van der Waals surface area contributed by atoms with E-state index in [-0.39, 0.29) is 11.2 Å². The Balaban J connectivity index is 2.49. The van der Waals surface area contributed by atoms with E-state index >= 15 is 0 Å². The van der Waals surface area contributed by atoms with Gasteiger partial charge in [0.05, 0.1) is 5.52 Å². The molecule has 19 heavy (non-hydrogen) atoms. The van der Waals surface area contributed by atoms with Crippen molar-refractivity contribution in [2.45, 2.75) is 13.8 Å². The Morgan fingerprint density at radius 2 is 2.00 bits per heavy atom. The minimum absolute atomic E-state index is 0.281. The molecule has 2 aromatic heterocycles. The molecule has 0 fully saturated rings. The second-order valence-electron chi connectivity index (χ2n) is 4.40. The maximum absolute atomic E-state index is 14.0. The highest BCUT2D eigenvalue weighted by Gasteiger charge is 2.18. The number of fused-ring (bicyclic) bond motifs is 1. The molecule has 0 saturated heterocycles. The average Bonchev–Trinajstić information content (AvgIpc) is 2.83. The van der Waals surface area contributed by atoms with Gasteiger partial charge in [-0.15, -0.1) is 10.2 Å². The smallest absolute Gasteiger partial charge is 0.292 e. The Kier molecular flexibility index (Phi) is 2.53. The van der Waals surface area contributed by atoms with Crippen LogP contribution in [0, 0.1) is 19.7 Å². The number of imidazole rings is 1. The molecule has 7 heteroatoms. The van der Waals surface area contributed by atoms with Crippen molar-refractivity contribution >= 4 is 22.4 Å². The number of halogens is 1. The van der Waals surface area contributed by atoms with Crippen LogP contribution in [0.2, 0.25) is 0 Å². The van der Waals surface area contributed by atoms with Crippen LogP contribution < -0.4 is 5.69 Å². The molecule has 0 unspecified atom stereocenters. The Morgan fingerprint density at radius 3 is 2.63 bits per heavy atom. The molecule has 0 bridgehead atoms. The van der Waals surface area contributed by atoms with Gasteiger partial charge in [0.25, 0.3) is 0 Å². The van der Waals surface area contributed by atoms with Gasteiger partial charge in [0.15, 0.2) is 0 Å². The minimum Gasteiger partial charge on any atom is -0.292 e. The summed E-state index contributed by atoms with van der Waals surface area (Å²) in [7, 11) is 1.55. The van der Waals surface area contributed by atoms with E-state index in [9.17, 15) is 9.18 Å². The van der Waals surface area contributed by atoms with Crippen LogP contribution in [-0.4, -0.2) is 19.3 Å². The van der Waals surface area contributed by atoms with Crippen molar-refractivity contribution in [3.8, 4) is 5.13 Å². The second-order valence-corrected chi connectivity index (χ2v) is 5.56. The highest BCUT2D eigenvalue weighted by Crippen LogP contribution is 2.23. The van der Waals surface area contributed by atoms with Gasteiger partial charge in [-0.1, -0.05) is 11.3 Å². The summed E-state index contributed by atoms with van der Waals surface area (Å²) in [6.45, 7) is 3.60. The van der Waals surface area contributed by atoms with E-state index in [2.05, 4.69) is 10.2 Å². The molecule has 0 saturated carbocycles. The van der Waals surface area contributed by atoms with Gasteiger partial charge in [-0.05, 0) is 31.5 Å². The van der Waals surface area contributed by atoms with Gasteiger partial charge in [-0.3, -0.25) is 4.57 Å². The van der Waals surface area contributed by atoms with Crippen LogP contribution in [0.5, 0.6) is 0 Å². The van der Waals surface area contributed by atoms with E-state index in [0.717, 1.165) is 10.6 Å². The van der Waals surface area contributed by atoms with Crippen LogP contribution in [0.25, 0.3) is 16.2 Å². The van der Waals surface area contributed by atoms with Gasteiger partial charge in [0.2, 0.25) is 5.13 Å². The summed E-state index contributed by atoms with van der Waals surface area (Å²) >= 11 is 1.30. The van der Waals surface area contributed by atoms with E-state index in [1.54, 1.807) is 20.0 Å². The van der Waals surface area contributed by atoms with Crippen molar-refractivity contribution in [3.63, 3.8) is 0 Å². The fraction of sp³-hybridized carbons (Fsp3) is 0.250. The summed E-state index contributed by atoms with van der Waals surface area (Å²) in [5.41, 5.74) is 1.23. The zero-order chi connectivity index (χ0) is 13.7. The number of aromatic nitrogens is 4. The van der Waals surface area contributed by atoms with Crippen molar-refractivity contribution in [2.75, 3.05) is 0 Å². The predicted molar refractivity (Wildman–Crippen MR) is 71.4 cm³/mol. The van der Waals surface area contributed by atoms with Crippen molar-refractivity contribution in [1.82, 2.24) is 19.3 Å². The van der Waals surface area contributed by atoms with Crippen LogP contribution in [0.15, 0.2) is 16.9 Å². The molecule has 3 rings (SSSR count). The van der Waals surface area contributed by atoms with Crippen molar-refractivity contribution in [2.24, 2.45) is 7.05 Å². The Labute approximate surface area is 111 Å². The van der Waals surface area contributed by atoms with Gasteiger partial charge in [-0.2, -0.15) is 0 Å². The van der Waals surface area contributed by atoms with Crippen LogP contribution in [0.3, 0.4) is 0 Å². The third kappa shape index (κ3) is 1.69. The lowest BCUT2D eigenvalue weighted by molar-refractivity contribution is 0.629. The molecular formula is C12H11FN4OS. The first-order valence-electron chi connectivity index (χ1n) is 5.67. The van der Waals surface area contributed by atoms with Crippen LogP contribution >= 0.6 is 11.3 Å². The van der Waals surface area contributed by atoms with Gasteiger partial charge in [0, 0.05) is 7.05 Å². The maximum atomic E-state index is 14.0. The lowest BCUT2D eigenvalue weighted by Gasteiger charge is -1.99. The molecule has 2 heterocycles. The maximum Gasteiger partial charge on any atom is 0.335 e. The summed E-state index contributed by atoms with van der Waals surface area (Å²) < 4.78 is 16.7. The third-order valence-corrected chi connectivity index (χ3v) is 3.77. The number of benzene rings is 1. The van der Waals surface area contributed by atoms with E-state index in [1.165, 1.54) is 26.5 Å². The first-order chi connectivity index (χ1) is 8.99. The summed E-state index contributed by atoms with van der Waals surface area (Å²) in [6, 6.07) is 3.19. The van der Waals surface area contributed by atoms with E-state index < -0.39 is 5.82 Å². The molecule has 0 aliphatic heterocycles. The standard InChI is InChI=1S/C12H11FN4OS/c1-6-4-8(13)10-9(5-6)17(12(18)16(10)3)11-15-14-7(2)19-11/h4-5H,1-3H3. The Bertz CT molecular complexity index is 845. The lowest BCUT2D eigenvalue weighted by Crippen LogP contribution is -2.20. The Hall–Kier alpha value is -2.02. The van der Waals surface area contributed by atoms with Crippen LogP contribution in [-0.2, 0) is 7.05 Å². The molecule has 0 atom stereocenters. The summed E-state index contributed by atoms with van der Waals surface area (Å²) in [6.07, 6.45) is 0. The third-order valence-electron chi connectivity index (χ3n) is 2.95. The highest BCUT2D eigenvalue weighted by molar-refractivity contribution is 7.13. The largest absolute Gasteiger partial charge is 0.335 e. The van der Waals surface area contributed by atoms with Gasteiger partial charge >= 0.3 is 5.69 Å². The first kappa shape index (κ1) is 12.0. The monoisotopic (exact) mass is 278 g/mol. The number of nitrogens with zero attached hydrogens (tertiary/aromatic N) is 4. The quantitative estimate of drug-likeness (QED) is 0.683. The number of rotatable bonds is 1. The molecule has 98 valence electrons. The lowest BCUT2D eigenvalue weighted by atomic mass is 10.2. The van der Waals surface area contributed by atoms with Crippen molar-refractivity contribution in [1.29, 1.82) is 0 Å². The fourth-order valence-electron chi connectivity index (χ4n) is 2.13. The molecule has 0 N–H and O–H groups in total. The molecule has 0 amide bonds. The van der Waals surface area contributed by atoms with E-state index in [4.69, 9.17) is 0 Å². The zero-order valence-corrected chi connectivity index (χ0v) is 11.5. The normalized spacial score (nSPS) is 11.4. The van der Waals surface area contributed by atoms with Crippen molar-refractivity contribution in [3.05, 3.63) is 39.0 Å². The molecule has 0 aliphatic carbocycles. The van der Waals surface area contributed by atoms with Gasteiger partial charge in [0.1, 0.15) is 16.3 Å². The number of hydrogen-bond acceptors (Lipinski definition) is 4. The molecule has 0 radical (unpaired) electrons. The van der Waals surface area contributed by atoms with Crippen LogP contribution in [0.1, 0.15) is 10.6 Å². The molecule has 5 nitrogen and oxygen atoms in total. The highest BCUT2D eigenvalue weighted by atomic mass is 32.1. The van der Waals surface area contributed by atoms with Crippen molar-refractivity contribution < 1.29 is 4.39 Å². The minimum atomic E-state index is -0.408. The second kappa shape index (κ2) is 3.99. The van der Waals surface area contributed by atoms with Gasteiger partial charge in [-0.25, -0.2) is 13.8 Å². The Morgan fingerprint density at radius 1 is 1.26 bits per heavy atom. The first-order valence-corrected chi connectivity index (χ1v) is 6.49. The average molecular weight is 278 g/mol. The number of hydrogen-bond donors (Lipinski definition) is 0. The predicted octanol–water partition coefficient (Wildman–Crippen LogP) is 1.94. The SMILES string of the molecule is Cc1cc(F)c2c(c1)n(-c1nnc(C)s1)c(=O)n2C. The van der Waals surface area contributed by atoms with Gasteiger partial charge < -0.3 is 0 Å². The summed E-state index contributed by atoms with van der Waals surface area (Å²) in [5, 5.41) is 9.08. The van der Waals surface area contributed by atoms with E-state index in [0.29, 0.717) is 10.6 Å². The van der Waals surface area contributed by atoms with E-state index in [1.807, 2.05) is 6.92 Å². The summed E-state index contributed by atoms with van der Waals surface area (Å²) in [5.74, 6) is -0.408. The molecule has 0 aliphatic rings. The molecule has 1 aromatic carbocycles. The van der Waals surface area contributed by atoms with Crippen LogP contribution in [0.4, 0.5) is 4.39 Å². The number of aryl methyl sites for hydroxylation is 3. The molecule has 3 aromatic rings. The molecule has 0 spiro atoms. The summed E-state index contributed by atoms with van der Waals surface area (Å²) in [4.78, 5) is 12.3. The molecular weight excluding hydrogens is 267 g/mol. The zero-order valence-electron chi connectivity index (χ0n) is 10.6. The fourth-order valence-corrected chi connectivity index (χ4v) is 2.82.